The Morgan fingerprint density at radius 1 is 1.10 bits per heavy atom. The Balaban J connectivity index is 1.69. The van der Waals surface area contributed by atoms with Gasteiger partial charge in [0.2, 0.25) is 5.91 Å². The molecule has 2 aromatic carbocycles. The van der Waals surface area contributed by atoms with E-state index in [-0.39, 0.29) is 19.1 Å². The number of nitrogens with zero attached hydrogens (tertiary/aromatic N) is 1. The molecule has 0 bridgehead atoms. The Kier molecular flexibility index (Phi) is 6.45. The molecule has 0 aliphatic carbocycles. The van der Waals surface area contributed by atoms with Crippen molar-refractivity contribution in [1.29, 1.82) is 0 Å². The lowest BCUT2D eigenvalue weighted by molar-refractivity contribution is -0.118. The highest BCUT2D eigenvalue weighted by atomic mass is 16.5. The highest BCUT2D eigenvalue weighted by molar-refractivity contribution is 6.02. The van der Waals surface area contributed by atoms with E-state index in [2.05, 4.69) is 11.4 Å². The molecule has 158 valence electrons. The molecule has 1 heterocycles. The van der Waals surface area contributed by atoms with Gasteiger partial charge in [0.25, 0.3) is 0 Å². The number of carbonyl (C=O) groups is 2. The van der Waals surface area contributed by atoms with Crippen molar-refractivity contribution in [2.75, 3.05) is 18.1 Å². The van der Waals surface area contributed by atoms with Crippen LogP contribution in [0.1, 0.15) is 38.8 Å². The first kappa shape index (κ1) is 21.4. The van der Waals surface area contributed by atoms with E-state index in [9.17, 15) is 9.59 Å². The maximum Gasteiger partial charge on any atom is 0.407 e. The SMILES string of the molecule is CCOc1ccc2c(c1)C(C)=CC(C)(C)N2C(=O)CNC(=O)OCc1ccccc1. The topological polar surface area (TPSA) is 67.9 Å². The largest absolute Gasteiger partial charge is 0.494 e. The van der Waals surface area contributed by atoms with Crippen LogP contribution in [0, 0.1) is 0 Å². The van der Waals surface area contributed by atoms with Gasteiger partial charge in [0.15, 0.2) is 0 Å². The maximum absolute atomic E-state index is 13.1. The number of alkyl carbamates (subject to hydrolysis) is 1. The monoisotopic (exact) mass is 408 g/mol. The summed E-state index contributed by atoms with van der Waals surface area (Å²) in [7, 11) is 0. The van der Waals surface area contributed by atoms with Crippen LogP contribution in [0.25, 0.3) is 5.57 Å². The van der Waals surface area contributed by atoms with Crippen LogP contribution in [0.4, 0.5) is 10.5 Å². The molecule has 0 unspecified atom stereocenters. The fraction of sp³-hybridized carbons (Fsp3) is 0.333. The number of hydrogen-bond acceptors (Lipinski definition) is 4. The van der Waals surface area contributed by atoms with E-state index in [1.165, 1.54) is 0 Å². The molecule has 0 spiro atoms. The summed E-state index contributed by atoms with van der Waals surface area (Å²) in [5.74, 6) is 0.546. The number of allylic oxidation sites excluding steroid dienone is 1. The highest BCUT2D eigenvalue weighted by Crippen LogP contribution is 2.40. The minimum atomic E-state index is -0.624. The summed E-state index contributed by atoms with van der Waals surface area (Å²) in [6.45, 7) is 8.48. The number of fused-ring (bicyclic) bond motifs is 1. The second kappa shape index (κ2) is 9.03. The van der Waals surface area contributed by atoms with Crippen LogP contribution in [0.5, 0.6) is 5.75 Å². The third-order valence-corrected chi connectivity index (χ3v) is 4.94. The van der Waals surface area contributed by atoms with E-state index in [0.717, 1.165) is 28.1 Å². The number of nitrogens with one attached hydrogen (secondary N) is 1. The van der Waals surface area contributed by atoms with E-state index in [4.69, 9.17) is 9.47 Å². The van der Waals surface area contributed by atoms with Gasteiger partial charge in [-0.2, -0.15) is 0 Å². The number of benzene rings is 2. The second-order valence-corrected chi connectivity index (χ2v) is 7.74. The summed E-state index contributed by atoms with van der Waals surface area (Å²) in [6, 6.07) is 15.1. The van der Waals surface area contributed by atoms with Gasteiger partial charge >= 0.3 is 6.09 Å². The molecule has 0 radical (unpaired) electrons. The van der Waals surface area contributed by atoms with E-state index in [1.807, 2.05) is 76.2 Å². The molecule has 1 aliphatic rings. The molecule has 6 nitrogen and oxygen atoms in total. The average Bonchev–Trinajstić information content (AvgIpc) is 2.71. The lowest BCUT2D eigenvalue weighted by Gasteiger charge is -2.41. The zero-order valence-corrected chi connectivity index (χ0v) is 17.9. The fourth-order valence-corrected chi connectivity index (χ4v) is 3.72. The Morgan fingerprint density at radius 2 is 1.83 bits per heavy atom. The van der Waals surface area contributed by atoms with Crippen LogP contribution < -0.4 is 15.0 Å². The third-order valence-electron chi connectivity index (χ3n) is 4.94. The van der Waals surface area contributed by atoms with E-state index < -0.39 is 11.6 Å². The van der Waals surface area contributed by atoms with E-state index >= 15 is 0 Å². The minimum absolute atomic E-state index is 0.154. The lowest BCUT2D eigenvalue weighted by atomic mass is 9.88. The number of carbonyl (C=O) groups excluding carboxylic acids is 2. The quantitative estimate of drug-likeness (QED) is 0.762. The molecule has 0 saturated carbocycles. The standard InChI is InChI=1S/C24H28N2O4/c1-5-29-19-11-12-21-20(13-19)17(2)14-24(3,4)26(21)22(27)15-25-23(28)30-16-18-9-7-6-8-10-18/h6-14H,5,15-16H2,1-4H3,(H,25,28). The predicted molar refractivity (Wildman–Crippen MR) is 117 cm³/mol. The van der Waals surface area contributed by atoms with Gasteiger partial charge in [-0.3, -0.25) is 4.79 Å². The fourth-order valence-electron chi connectivity index (χ4n) is 3.72. The van der Waals surface area contributed by atoms with Gasteiger partial charge in [-0.25, -0.2) is 4.79 Å². The third kappa shape index (κ3) is 4.82. The number of rotatable bonds is 6. The second-order valence-electron chi connectivity index (χ2n) is 7.74. The molecule has 0 saturated heterocycles. The molecule has 3 rings (SSSR count). The van der Waals surface area contributed by atoms with Crippen LogP contribution in [0.15, 0.2) is 54.6 Å². The van der Waals surface area contributed by atoms with Crippen molar-refractivity contribution in [3.05, 3.63) is 65.7 Å². The minimum Gasteiger partial charge on any atom is -0.494 e. The zero-order valence-electron chi connectivity index (χ0n) is 17.9. The lowest BCUT2D eigenvalue weighted by Crippen LogP contribution is -2.52. The summed E-state index contributed by atoms with van der Waals surface area (Å²) in [4.78, 5) is 26.8. The van der Waals surface area contributed by atoms with E-state index in [1.54, 1.807) is 4.90 Å². The maximum atomic E-state index is 13.1. The molecule has 2 aromatic rings. The summed E-state index contributed by atoms with van der Waals surface area (Å²) in [5, 5.41) is 2.56. The number of ether oxygens (including phenoxy) is 2. The first-order valence-corrected chi connectivity index (χ1v) is 10.1. The summed E-state index contributed by atoms with van der Waals surface area (Å²) in [6.07, 6.45) is 1.43. The Morgan fingerprint density at radius 3 is 2.53 bits per heavy atom. The molecule has 2 amide bonds. The first-order chi connectivity index (χ1) is 14.3. The van der Waals surface area contributed by atoms with E-state index in [0.29, 0.717) is 6.61 Å². The van der Waals surface area contributed by atoms with Gasteiger partial charge in [-0.15, -0.1) is 0 Å². The van der Waals surface area contributed by atoms with Gasteiger partial charge < -0.3 is 19.7 Å². The van der Waals surface area contributed by atoms with Gasteiger partial charge in [-0.05, 0) is 57.0 Å². The molecule has 0 aromatic heterocycles. The molecule has 0 atom stereocenters. The normalized spacial score (nSPS) is 14.4. The van der Waals surface area contributed by atoms with Crippen molar-refractivity contribution in [2.45, 2.75) is 39.8 Å². The van der Waals surface area contributed by atoms with Crippen LogP contribution in [-0.2, 0) is 16.1 Å². The smallest absolute Gasteiger partial charge is 0.407 e. The van der Waals surface area contributed by atoms with Crippen molar-refractivity contribution >= 4 is 23.3 Å². The predicted octanol–water partition coefficient (Wildman–Crippen LogP) is 4.54. The van der Waals surface area contributed by atoms with Crippen molar-refractivity contribution in [3.63, 3.8) is 0 Å². The number of hydrogen-bond donors (Lipinski definition) is 1. The highest BCUT2D eigenvalue weighted by Gasteiger charge is 2.35. The molecule has 1 N–H and O–H groups in total. The summed E-state index contributed by atoms with van der Waals surface area (Å²) < 4.78 is 10.8. The van der Waals surface area contributed by atoms with Crippen molar-refractivity contribution in [1.82, 2.24) is 5.32 Å². The van der Waals surface area contributed by atoms with Crippen molar-refractivity contribution in [2.24, 2.45) is 0 Å². The molecular formula is C24H28N2O4. The van der Waals surface area contributed by atoms with Gasteiger partial charge in [0, 0.05) is 5.56 Å². The van der Waals surface area contributed by atoms with Crippen molar-refractivity contribution in [3.8, 4) is 5.75 Å². The molecular weight excluding hydrogens is 380 g/mol. The van der Waals surface area contributed by atoms with Gasteiger partial charge in [0.1, 0.15) is 18.9 Å². The molecule has 0 fully saturated rings. The number of anilines is 1. The van der Waals surface area contributed by atoms with Crippen molar-refractivity contribution < 1.29 is 19.1 Å². The Labute approximate surface area is 177 Å². The van der Waals surface area contributed by atoms with Crippen LogP contribution >= 0.6 is 0 Å². The Bertz CT molecular complexity index is 951. The van der Waals surface area contributed by atoms with Gasteiger partial charge in [-0.1, -0.05) is 36.4 Å². The zero-order chi connectivity index (χ0) is 21.7. The first-order valence-electron chi connectivity index (χ1n) is 10.1. The van der Waals surface area contributed by atoms with Gasteiger partial charge in [0.05, 0.1) is 17.8 Å². The molecule has 1 aliphatic heterocycles. The Hall–Kier alpha value is -3.28. The van der Waals surface area contributed by atoms with Crippen LogP contribution in [-0.4, -0.2) is 30.7 Å². The molecule has 30 heavy (non-hydrogen) atoms. The average molecular weight is 408 g/mol. The number of amides is 2. The summed E-state index contributed by atoms with van der Waals surface area (Å²) >= 11 is 0. The molecule has 6 heteroatoms. The van der Waals surface area contributed by atoms with Crippen LogP contribution in [0.3, 0.4) is 0 Å². The summed E-state index contributed by atoms with van der Waals surface area (Å²) in [5.41, 5.74) is 3.18. The van der Waals surface area contributed by atoms with Crippen LogP contribution in [0.2, 0.25) is 0 Å².